The van der Waals surface area contributed by atoms with Gasteiger partial charge in [0.1, 0.15) is 11.9 Å². The molecule has 24 heavy (non-hydrogen) atoms. The minimum Gasteiger partial charge on any atom is -0.494 e. The van der Waals surface area contributed by atoms with Gasteiger partial charge in [0.05, 0.1) is 6.61 Å². The zero-order valence-electron chi connectivity index (χ0n) is 13.6. The van der Waals surface area contributed by atoms with E-state index in [0.717, 1.165) is 34.9 Å². The molecule has 1 aliphatic carbocycles. The molecule has 1 aliphatic rings. The summed E-state index contributed by atoms with van der Waals surface area (Å²) in [6, 6.07) is 22.9. The Morgan fingerprint density at radius 3 is 2.46 bits per heavy atom. The van der Waals surface area contributed by atoms with Crippen LogP contribution in [-0.2, 0) is 6.42 Å². The summed E-state index contributed by atoms with van der Waals surface area (Å²) in [5, 5.41) is 2.30. The fourth-order valence-corrected chi connectivity index (χ4v) is 3.18. The van der Waals surface area contributed by atoms with Crippen molar-refractivity contribution in [3.8, 4) is 5.75 Å². The van der Waals surface area contributed by atoms with E-state index >= 15 is 0 Å². The number of aryl methyl sites for hydroxylation is 1. The molecule has 0 aromatic heterocycles. The summed E-state index contributed by atoms with van der Waals surface area (Å²) in [6.07, 6.45) is 2.06. The molecule has 4 rings (SSSR count). The number of ether oxygens (including phenoxy) is 1. The predicted octanol–water partition coefficient (Wildman–Crippen LogP) is 5.68. The minimum atomic E-state index is -0.644. The van der Waals surface area contributed by atoms with Crippen molar-refractivity contribution in [3.05, 3.63) is 77.9 Å². The maximum absolute atomic E-state index is 13.2. The van der Waals surface area contributed by atoms with E-state index in [0.29, 0.717) is 13.0 Å². The monoisotopic (exact) mass is 320 g/mol. The van der Waals surface area contributed by atoms with Crippen LogP contribution in [-0.4, -0.2) is 12.8 Å². The fraction of sp³-hybridized carbons (Fsp3) is 0.273. The molecule has 0 saturated heterocycles. The topological polar surface area (TPSA) is 9.23 Å². The Kier molecular flexibility index (Phi) is 4.20. The van der Waals surface area contributed by atoms with Gasteiger partial charge in [0, 0.05) is 5.92 Å². The molecule has 0 bridgehead atoms. The summed E-state index contributed by atoms with van der Waals surface area (Å²) < 4.78 is 19.1. The van der Waals surface area contributed by atoms with Gasteiger partial charge in [-0.05, 0) is 53.3 Å². The van der Waals surface area contributed by atoms with Gasteiger partial charge in [0.2, 0.25) is 0 Å². The maximum Gasteiger partial charge on any atom is 0.119 e. The molecule has 122 valence electrons. The number of hydrogen-bond acceptors (Lipinski definition) is 1. The Balaban J connectivity index is 1.36. The van der Waals surface area contributed by atoms with Gasteiger partial charge in [-0.25, -0.2) is 4.39 Å². The van der Waals surface area contributed by atoms with E-state index in [1.165, 1.54) is 5.56 Å². The van der Waals surface area contributed by atoms with Crippen LogP contribution >= 0.6 is 0 Å². The second kappa shape index (κ2) is 6.64. The van der Waals surface area contributed by atoms with Gasteiger partial charge < -0.3 is 4.74 Å². The Bertz CT molecular complexity index is 828. The van der Waals surface area contributed by atoms with E-state index in [-0.39, 0.29) is 5.92 Å². The molecule has 0 heterocycles. The Morgan fingerprint density at radius 1 is 0.917 bits per heavy atom. The molecule has 2 atom stereocenters. The average molecular weight is 320 g/mol. The highest BCUT2D eigenvalue weighted by atomic mass is 19.1. The Hall–Kier alpha value is -2.35. The van der Waals surface area contributed by atoms with Crippen LogP contribution in [0.1, 0.15) is 29.9 Å². The third-order valence-corrected chi connectivity index (χ3v) is 4.70. The second-order valence-electron chi connectivity index (χ2n) is 6.56. The van der Waals surface area contributed by atoms with Crippen LogP contribution in [0.4, 0.5) is 4.39 Å². The molecule has 1 saturated carbocycles. The first-order valence-electron chi connectivity index (χ1n) is 8.64. The first kappa shape index (κ1) is 15.2. The molecule has 0 radical (unpaired) electrons. The van der Waals surface area contributed by atoms with E-state index in [9.17, 15) is 4.39 Å². The zero-order chi connectivity index (χ0) is 16.4. The standard InChI is InChI=1S/C22H21FO/c23-22-15-21(22)19-9-8-18-14-20(11-10-17(18)13-19)24-12-4-7-16-5-2-1-3-6-16/h1-3,5-6,8-11,13-14,21-22H,4,7,12,15H2. The lowest BCUT2D eigenvalue weighted by atomic mass is 10.0. The van der Waals surface area contributed by atoms with E-state index in [1.54, 1.807) is 0 Å². The van der Waals surface area contributed by atoms with Gasteiger partial charge in [-0.15, -0.1) is 0 Å². The molecule has 0 spiro atoms. The molecule has 3 aromatic carbocycles. The van der Waals surface area contributed by atoms with Crippen molar-refractivity contribution in [2.24, 2.45) is 0 Å². The van der Waals surface area contributed by atoms with E-state index in [4.69, 9.17) is 4.74 Å². The van der Waals surface area contributed by atoms with Crippen molar-refractivity contribution in [1.29, 1.82) is 0 Å². The molecular weight excluding hydrogens is 299 g/mol. The zero-order valence-corrected chi connectivity index (χ0v) is 13.6. The fourth-order valence-electron chi connectivity index (χ4n) is 3.18. The molecule has 0 aliphatic heterocycles. The summed E-state index contributed by atoms with van der Waals surface area (Å²) in [7, 11) is 0. The van der Waals surface area contributed by atoms with Gasteiger partial charge in [-0.3, -0.25) is 0 Å². The highest BCUT2D eigenvalue weighted by molar-refractivity contribution is 5.84. The first-order chi connectivity index (χ1) is 11.8. The minimum absolute atomic E-state index is 0.114. The molecule has 0 N–H and O–H groups in total. The molecule has 2 unspecified atom stereocenters. The number of hydrogen-bond donors (Lipinski definition) is 0. The van der Waals surface area contributed by atoms with Gasteiger partial charge in [-0.2, -0.15) is 0 Å². The normalized spacial score (nSPS) is 19.4. The molecular formula is C22H21FO. The molecule has 1 nitrogen and oxygen atoms in total. The predicted molar refractivity (Wildman–Crippen MR) is 96.5 cm³/mol. The summed E-state index contributed by atoms with van der Waals surface area (Å²) in [6.45, 7) is 0.712. The molecule has 3 aromatic rings. The number of fused-ring (bicyclic) bond motifs is 1. The summed E-state index contributed by atoms with van der Waals surface area (Å²) >= 11 is 0. The van der Waals surface area contributed by atoms with Crippen LogP contribution in [0, 0.1) is 0 Å². The number of alkyl halides is 1. The van der Waals surface area contributed by atoms with Crippen molar-refractivity contribution >= 4 is 10.8 Å². The second-order valence-corrected chi connectivity index (χ2v) is 6.56. The van der Waals surface area contributed by atoms with Gasteiger partial charge >= 0.3 is 0 Å². The number of halogens is 1. The largest absolute Gasteiger partial charge is 0.494 e. The van der Waals surface area contributed by atoms with Crippen LogP contribution in [0.5, 0.6) is 5.75 Å². The summed E-state index contributed by atoms with van der Waals surface area (Å²) in [4.78, 5) is 0. The van der Waals surface area contributed by atoms with Crippen LogP contribution in [0.2, 0.25) is 0 Å². The summed E-state index contributed by atoms with van der Waals surface area (Å²) in [5.74, 6) is 1.02. The van der Waals surface area contributed by atoms with Crippen LogP contribution < -0.4 is 4.74 Å². The van der Waals surface area contributed by atoms with Crippen molar-refractivity contribution in [3.63, 3.8) is 0 Å². The van der Waals surface area contributed by atoms with Gasteiger partial charge in [-0.1, -0.05) is 54.6 Å². The number of rotatable bonds is 6. The Labute approximate surface area is 142 Å². The highest BCUT2D eigenvalue weighted by Crippen LogP contribution is 2.44. The lowest BCUT2D eigenvalue weighted by molar-refractivity contribution is 0.311. The van der Waals surface area contributed by atoms with Gasteiger partial charge in [0.15, 0.2) is 0 Å². The molecule has 2 heteroatoms. The van der Waals surface area contributed by atoms with Crippen molar-refractivity contribution in [2.75, 3.05) is 6.61 Å². The van der Waals surface area contributed by atoms with Crippen molar-refractivity contribution < 1.29 is 9.13 Å². The van der Waals surface area contributed by atoms with Crippen LogP contribution in [0.25, 0.3) is 10.8 Å². The first-order valence-corrected chi connectivity index (χ1v) is 8.64. The summed E-state index contributed by atoms with van der Waals surface area (Å²) in [5.41, 5.74) is 2.46. The third kappa shape index (κ3) is 3.43. The lowest BCUT2D eigenvalue weighted by Gasteiger charge is -2.08. The van der Waals surface area contributed by atoms with Crippen LogP contribution in [0.15, 0.2) is 66.7 Å². The molecule has 0 amide bonds. The third-order valence-electron chi connectivity index (χ3n) is 4.70. The molecule has 1 fully saturated rings. The maximum atomic E-state index is 13.2. The smallest absolute Gasteiger partial charge is 0.119 e. The SMILES string of the molecule is FC1CC1c1ccc2cc(OCCCc3ccccc3)ccc2c1. The number of benzene rings is 3. The van der Waals surface area contributed by atoms with Gasteiger partial charge in [0.25, 0.3) is 0 Å². The highest BCUT2D eigenvalue weighted by Gasteiger charge is 2.38. The van der Waals surface area contributed by atoms with E-state index in [1.807, 2.05) is 18.2 Å². The Morgan fingerprint density at radius 2 is 1.67 bits per heavy atom. The van der Waals surface area contributed by atoms with Crippen molar-refractivity contribution in [2.45, 2.75) is 31.4 Å². The van der Waals surface area contributed by atoms with Crippen molar-refractivity contribution in [1.82, 2.24) is 0 Å². The lowest BCUT2D eigenvalue weighted by Crippen LogP contribution is -1.99. The van der Waals surface area contributed by atoms with E-state index < -0.39 is 6.17 Å². The quantitative estimate of drug-likeness (QED) is 0.531. The average Bonchev–Trinajstić information content (AvgIpc) is 3.36. The van der Waals surface area contributed by atoms with E-state index in [2.05, 4.69) is 48.5 Å². The van der Waals surface area contributed by atoms with Crippen LogP contribution in [0.3, 0.4) is 0 Å².